The van der Waals surface area contributed by atoms with Gasteiger partial charge in [0.15, 0.2) is 5.69 Å². The molecule has 1 aromatic carbocycles. The molecule has 22 heavy (non-hydrogen) atoms. The van der Waals surface area contributed by atoms with Crippen molar-refractivity contribution < 1.29 is 9.72 Å². The summed E-state index contributed by atoms with van der Waals surface area (Å²) in [5.74, 6) is -0.216. The number of nitro groups is 1. The highest BCUT2D eigenvalue weighted by Gasteiger charge is 2.11. The van der Waals surface area contributed by atoms with Crippen LogP contribution < -0.4 is 5.43 Å². The van der Waals surface area contributed by atoms with E-state index in [1.807, 2.05) is 13.8 Å². The van der Waals surface area contributed by atoms with E-state index in [4.69, 9.17) is 0 Å². The molecule has 0 aliphatic carbocycles. The van der Waals surface area contributed by atoms with Crippen molar-refractivity contribution in [2.75, 3.05) is 0 Å². The van der Waals surface area contributed by atoms with Crippen LogP contribution in [-0.2, 0) is 0 Å². The van der Waals surface area contributed by atoms with Gasteiger partial charge >= 0.3 is 0 Å². The van der Waals surface area contributed by atoms with Gasteiger partial charge in [0.05, 0.1) is 11.1 Å². The second-order valence-corrected chi connectivity index (χ2v) is 4.91. The van der Waals surface area contributed by atoms with Gasteiger partial charge in [0.2, 0.25) is 0 Å². The van der Waals surface area contributed by atoms with Crippen LogP contribution in [0.5, 0.6) is 0 Å². The third-order valence-corrected chi connectivity index (χ3v) is 2.91. The summed E-state index contributed by atoms with van der Waals surface area (Å²) in [6.45, 7) is 3.96. The largest absolute Gasteiger partial charge is 0.291 e. The molecule has 0 radical (unpaired) electrons. The fourth-order valence-electron chi connectivity index (χ4n) is 1.69. The van der Waals surface area contributed by atoms with E-state index in [2.05, 4.69) is 20.7 Å². The van der Waals surface area contributed by atoms with Crippen molar-refractivity contribution in [1.29, 1.82) is 0 Å². The fraction of sp³-hybridized carbons (Fsp3) is 0.214. The standard InChI is InChI=1S/C14H15N5O3/c1-9(2)12-7-13(17-16-12)14(20)18-15-8-10-4-3-5-11(6-10)19(21)22/h3-9H,1-2H3,(H,16,17)(H,18,20). The zero-order chi connectivity index (χ0) is 16.1. The minimum Gasteiger partial charge on any atom is -0.282 e. The van der Waals surface area contributed by atoms with Crippen LogP contribution in [0, 0.1) is 10.1 Å². The van der Waals surface area contributed by atoms with Gasteiger partial charge in [-0.1, -0.05) is 26.0 Å². The van der Waals surface area contributed by atoms with Crippen LogP contribution in [0.4, 0.5) is 5.69 Å². The number of hydrogen-bond donors (Lipinski definition) is 2. The Labute approximate surface area is 126 Å². The highest BCUT2D eigenvalue weighted by Crippen LogP contribution is 2.12. The molecular weight excluding hydrogens is 286 g/mol. The first kappa shape index (κ1) is 15.4. The number of rotatable bonds is 5. The Morgan fingerprint density at radius 2 is 2.23 bits per heavy atom. The van der Waals surface area contributed by atoms with Crippen molar-refractivity contribution in [3.8, 4) is 0 Å². The number of hydrazone groups is 1. The molecule has 2 aromatic rings. The number of aromatic amines is 1. The number of nitrogens with zero attached hydrogens (tertiary/aromatic N) is 3. The summed E-state index contributed by atoms with van der Waals surface area (Å²) < 4.78 is 0. The maximum absolute atomic E-state index is 11.8. The molecule has 2 N–H and O–H groups in total. The fourth-order valence-corrected chi connectivity index (χ4v) is 1.69. The van der Waals surface area contributed by atoms with Gasteiger partial charge in [-0.05, 0) is 12.0 Å². The van der Waals surface area contributed by atoms with Crippen molar-refractivity contribution in [3.05, 3.63) is 57.4 Å². The Hall–Kier alpha value is -3.03. The lowest BCUT2D eigenvalue weighted by Crippen LogP contribution is -2.18. The van der Waals surface area contributed by atoms with Crippen LogP contribution in [0.2, 0.25) is 0 Å². The third-order valence-electron chi connectivity index (χ3n) is 2.91. The van der Waals surface area contributed by atoms with Crippen LogP contribution in [0.15, 0.2) is 35.4 Å². The van der Waals surface area contributed by atoms with Crippen molar-refractivity contribution in [1.82, 2.24) is 15.6 Å². The molecule has 1 heterocycles. The van der Waals surface area contributed by atoms with E-state index in [0.717, 1.165) is 5.69 Å². The summed E-state index contributed by atoms with van der Waals surface area (Å²) >= 11 is 0. The molecule has 1 aromatic heterocycles. The van der Waals surface area contributed by atoms with Gasteiger partial charge in [-0.15, -0.1) is 0 Å². The predicted molar refractivity (Wildman–Crippen MR) is 80.8 cm³/mol. The number of benzene rings is 1. The third kappa shape index (κ3) is 3.75. The average molecular weight is 301 g/mol. The molecule has 0 aliphatic rings. The topological polar surface area (TPSA) is 113 Å². The molecule has 0 fully saturated rings. The van der Waals surface area contributed by atoms with E-state index in [9.17, 15) is 14.9 Å². The molecule has 0 saturated heterocycles. The van der Waals surface area contributed by atoms with Gasteiger partial charge in [-0.2, -0.15) is 10.2 Å². The van der Waals surface area contributed by atoms with E-state index in [1.165, 1.54) is 18.3 Å². The molecular formula is C14H15N5O3. The Morgan fingerprint density at radius 3 is 2.86 bits per heavy atom. The van der Waals surface area contributed by atoms with Crippen LogP contribution in [-0.4, -0.2) is 27.2 Å². The number of carbonyl (C=O) groups excluding carboxylic acids is 1. The van der Waals surface area contributed by atoms with E-state index in [-0.39, 0.29) is 17.3 Å². The number of non-ortho nitro benzene ring substituents is 1. The van der Waals surface area contributed by atoms with Crippen LogP contribution in [0.3, 0.4) is 0 Å². The molecule has 1 amide bonds. The average Bonchev–Trinajstić information content (AvgIpc) is 2.97. The van der Waals surface area contributed by atoms with Crippen LogP contribution >= 0.6 is 0 Å². The summed E-state index contributed by atoms with van der Waals surface area (Å²) in [4.78, 5) is 22.0. The summed E-state index contributed by atoms with van der Waals surface area (Å²) in [5, 5.41) is 21.1. The predicted octanol–water partition coefficient (Wildman–Crippen LogP) is 2.21. The second-order valence-electron chi connectivity index (χ2n) is 4.91. The molecule has 8 heteroatoms. The van der Waals surface area contributed by atoms with Gasteiger partial charge in [-0.3, -0.25) is 20.0 Å². The highest BCUT2D eigenvalue weighted by atomic mass is 16.6. The summed E-state index contributed by atoms with van der Waals surface area (Å²) in [6.07, 6.45) is 1.33. The lowest BCUT2D eigenvalue weighted by molar-refractivity contribution is -0.384. The van der Waals surface area contributed by atoms with Crippen molar-refractivity contribution in [2.24, 2.45) is 5.10 Å². The Balaban J connectivity index is 2.00. The normalized spacial score (nSPS) is 11.0. The van der Waals surface area contributed by atoms with E-state index < -0.39 is 10.8 Å². The van der Waals surface area contributed by atoms with E-state index in [0.29, 0.717) is 5.56 Å². The van der Waals surface area contributed by atoms with Gasteiger partial charge in [0, 0.05) is 23.4 Å². The van der Waals surface area contributed by atoms with Crippen molar-refractivity contribution in [2.45, 2.75) is 19.8 Å². The summed E-state index contributed by atoms with van der Waals surface area (Å²) in [6, 6.07) is 7.59. The Bertz CT molecular complexity index is 721. The zero-order valence-electron chi connectivity index (χ0n) is 12.1. The number of nitrogens with one attached hydrogen (secondary N) is 2. The first-order valence-electron chi connectivity index (χ1n) is 6.60. The molecule has 0 atom stereocenters. The molecule has 0 saturated carbocycles. The van der Waals surface area contributed by atoms with Crippen molar-refractivity contribution in [3.63, 3.8) is 0 Å². The molecule has 2 rings (SSSR count). The van der Waals surface area contributed by atoms with Gasteiger partial charge in [0.1, 0.15) is 0 Å². The number of aromatic nitrogens is 2. The number of H-pyrrole nitrogens is 1. The number of amides is 1. The Morgan fingerprint density at radius 1 is 1.45 bits per heavy atom. The SMILES string of the molecule is CC(C)c1cc(C(=O)NN=Cc2cccc([N+](=O)[O-])c2)n[nH]1. The maximum Gasteiger partial charge on any atom is 0.291 e. The molecule has 0 aliphatic heterocycles. The lowest BCUT2D eigenvalue weighted by atomic mass is 10.1. The molecule has 114 valence electrons. The Kier molecular flexibility index (Phi) is 4.62. The molecule has 0 spiro atoms. The lowest BCUT2D eigenvalue weighted by Gasteiger charge is -1.97. The maximum atomic E-state index is 11.8. The summed E-state index contributed by atoms with van der Waals surface area (Å²) in [7, 11) is 0. The first-order valence-corrected chi connectivity index (χ1v) is 6.60. The monoisotopic (exact) mass is 301 g/mol. The van der Waals surface area contributed by atoms with Crippen molar-refractivity contribution >= 4 is 17.8 Å². The van der Waals surface area contributed by atoms with Crippen LogP contribution in [0.1, 0.15) is 41.5 Å². The van der Waals surface area contributed by atoms with Gasteiger partial charge < -0.3 is 0 Å². The molecule has 0 bridgehead atoms. The van der Waals surface area contributed by atoms with Gasteiger partial charge in [-0.25, -0.2) is 5.43 Å². The van der Waals surface area contributed by atoms with Crippen LogP contribution in [0.25, 0.3) is 0 Å². The minimum atomic E-state index is -0.493. The number of hydrogen-bond acceptors (Lipinski definition) is 5. The van der Waals surface area contributed by atoms with E-state index in [1.54, 1.807) is 18.2 Å². The van der Waals surface area contributed by atoms with E-state index >= 15 is 0 Å². The quantitative estimate of drug-likeness (QED) is 0.500. The smallest absolute Gasteiger partial charge is 0.282 e. The first-order chi connectivity index (χ1) is 10.5. The zero-order valence-corrected chi connectivity index (χ0v) is 12.1. The summed E-state index contributed by atoms with van der Waals surface area (Å²) in [5.41, 5.74) is 3.89. The minimum absolute atomic E-state index is 0.0378. The molecule has 0 unspecified atom stereocenters. The highest BCUT2D eigenvalue weighted by molar-refractivity contribution is 5.93. The number of carbonyl (C=O) groups is 1. The number of nitro benzene ring substituents is 1. The second kappa shape index (κ2) is 6.61. The molecule has 8 nitrogen and oxygen atoms in total. The van der Waals surface area contributed by atoms with Gasteiger partial charge in [0.25, 0.3) is 11.6 Å².